The van der Waals surface area contributed by atoms with Gasteiger partial charge in [0.2, 0.25) is 0 Å². The van der Waals surface area contributed by atoms with E-state index in [9.17, 15) is 9.59 Å². The number of carbonyl (C=O) groups excluding carboxylic acids is 2. The first-order chi connectivity index (χ1) is 10.6. The first-order valence-corrected chi connectivity index (χ1v) is 8.62. The molecule has 122 valence electrons. The Morgan fingerprint density at radius 3 is 2.64 bits per heavy atom. The van der Waals surface area contributed by atoms with Crippen LogP contribution in [-0.4, -0.2) is 23.6 Å². The van der Waals surface area contributed by atoms with Crippen molar-refractivity contribution in [3.05, 3.63) is 12.7 Å². The average Bonchev–Trinajstić information content (AvgIpc) is 3.09. The molecule has 5 unspecified atom stereocenters. The fourth-order valence-corrected chi connectivity index (χ4v) is 5.46. The quantitative estimate of drug-likeness (QED) is 0.535. The highest BCUT2D eigenvalue weighted by molar-refractivity contribution is 5.82. The van der Waals surface area contributed by atoms with Gasteiger partial charge in [-0.05, 0) is 31.6 Å². The van der Waals surface area contributed by atoms with Gasteiger partial charge in [0.05, 0.1) is 5.92 Å². The summed E-state index contributed by atoms with van der Waals surface area (Å²) in [7, 11) is 0. The molecule has 0 aromatic carbocycles. The van der Waals surface area contributed by atoms with Gasteiger partial charge >= 0.3 is 11.9 Å². The van der Waals surface area contributed by atoms with E-state index in [4.69, 9.17) is 9.47 Å². The molecule has 3 rings (SSSR count). The Bertz CT molecular complexity index is 475. The van der Waals surface area contributed by atoms with Crippen molar-refractivity contribution in [2.45, 2.75) is 64.1 Å². The monoisotopic (exact) mass is 306 g/mol. The predicted molar refractivity (Wildman–Crippen MR) is 81.9 cm³/mol. The minimum Gasteiger partial charge on any atom is -0.462 e. The van der Waals surface area contributed by atoms with Gasteiger partial charge in [-0.25, -0.2) is 4.79 Å². The maximum absolute atomic E-state index is 12.3. The van der Waals surface area contributed by atoms with E-state index >= 15 is 0 Å². The van der Waals surface area contributed by atoms with E-state index in [-0.39, 0.29) is 29.9 Å². The molecule has 1 aliphatic heterocycles. The second-order valence-corrected chi connectivity index (χ2v) is 7.11. The van der Waals surface area contributed by atoms with Crippen LogP contribution in [0.15, 0.2) is 12.7 Å². The molecule has 22 heavy (non-hydrogen) atoms. The topological polar surface area (TPSA) is 52.6 Å². The summed E-state index contributed by atoms with van der Waals surface area (Å²) in [5, 5.41) is 0. The Balaban J connectivity index is 1.95. The lowest BCUT2D eigenvalue weighted by molar-refractivity contribution is -0.171. The van der Waals surface area contributed by atoms with Gasteiger partial charge in [-0.2, -0.15) is 0 Å². The Morgan fingerprint density at radius 1 is 1.36 bits per heavy atom. The van der Waals surface area contributed by atoms with E-state index in [0.717, 1.165) is 38.5 Å². The highest BCUT2D eigenvalue weighted by Crippen LogP contribution is 2.62. The fourth-order valence-electron chi connectivity index (χ4n) is 5.46. The summed E-state index contributed by atoms with van der Waals surface area (Å²) in [6, 6.07) is 0. The van der Waals surface area contributed by atoms with Crippen LogP contribution in [0.2, 0.25) is 0 Å². The number of ether oxygens (including phenoxy) is 2. The molecule has 0 aromatic rings. The summed E-state index contributed by atoms with van der Waals surface area (Å²) in [5.41, 5.74) is -0.535. The third kappa shape index (κ3) is 2.19. The molecule has 0 N–H and O–H groups in total. The standard InChI is InChI=1S/C18H26O4/c1-4-7-18(8-5-2,22-14(19)6-3)16-11-9-12-13(10-11)21-17(20)15(12)16/h6,11-13,15-16H,3-5,7-10H2,1-2H3. The fraction of sp³-hybridized carbons (Fsp3) is 0.778. The van der Waals surface area contributed by atoms with Gasteiger partial charge in [-0.3, -0.25) is 4.79 Å². The molecule has 5 atom stereocenters. The molecule has 2 bridgehead atoms. The van der Waals surface area contributed by atoms with Crippen molar-refractivity contribution in [3.63, 3.8) is 0 Å². The van der Waals surface area contributed by atoms with Crippen molar-refractivity contribution < 1.29 is 19.1 Å². The largest absolute Gasteiger partial charge is 0.462 e. The lowest BCUT2D eigenvalue weighted by atomic mass is 9.67. The highest BCUT2D eigenvalue weighted by Gasteiger charge is 2.67. The van der Waals surface area contributed by atoms with Crippen LogP contribution < -0.4 is 0 Å². The minimum atomic E-state index is -0.535. The van der Waals surface area contributed by atoms with Gasteiger partial charge in [0.1, 0.15) is 11.7 Å². The lowest BCUT2D eigenvalue weighted by Gasteiger charge is -2.43. The number of carbonyl (C=O) groups is 2. The Morgan fingerprint density at radius 2 is 2.05 bits per heavy atom. The van der Waals surface area contributed by atoms with Crippen LogP contribution in [0, 0.1) is 23.7 Å². The number of fused-ring (bicyclic) bond motifs is 1. The van der Waals surface area contributed by atoms with E-state index in [1.807, 2.05) is 0 Å². The molecule has 3 fully saturated rings. The molecule has 1 saturated heterocycles. The molecule has 2 saturated carbocycles. The van der Waals surface area contributed by atoms with E-state index in [1.54, 1.807) is 0 Å². The normalized spacial score (nSPS) is 35.5. The number of esters is 2. The van der Waals surface area contributed by atoms with E-state index in [0.29, 0.717) is 11.8 Å². The number of rotatable bonds is 7. The minimum absolute atomic E-state index is 0.0637. The lowest BCUT2D eigenvalue weighted by Crippen LogP contribution is -2.49. The Kier molecular flexibility index (Phi) is 4.04. The van der Waals surface area contributed by atoms with Gasteiger partial charge in [0, 0.05) is 17.9 Å². The average molecular weight is 306 g/mol. The van der Waals surface area contributed by atoms with Crippen LogP contribution in [0.4, 0.5) is 0 Å². The molecule has 0 aromatic heterocycles. The van der Waals surface area contributed by atoms with Gasteiger partial charge in [-0.15, -0.1) is 0 Å². The zero-order valence-electron chi connectivity index (χ0n) is 13.5. The van der Waals surface area contributed by atoms with Crippen LogP contribution in [0.25, 0.3) is 0 Å². The summed E-state index contributed by atoms with van der Waals surface area (Å²) >= 11 is 0. The maximum atomic E-state index is 12.3. The van der Waals surface area contributed by atoms with Crippen molar-refractivity contribution >= 4 is 11.9 Å². The maximum Gasteiger partial charge on any atom is 0.330 e. The Labute approximate surface area is 132 Å². The molecule has 0 spiro atoms. The van der Waals surface area contributed by atoms with Crippen LogP contribution >= 0.6 is 0 Å². The van der Waals surface area contributed by atoms with Crippen LogP contribution in [0.5, 0.6) is 0 Å². The van der Waals surface area contributed by atoms with Gasteiger partial charge < -0.3 is 9.47 Å². The zero-order valence-corrected chi connectivity index (χ0v) is 13.5. The van der Waals surface area contributed by atoms with Gasteiger partial charge in [0.25, 0.3) is 0 Å². The zero-order chi connectivity index (χ0) is 15.9. The van der Waals surface area contributed by atoms with E-state index < -0.39 is 5.60 Å². The van der Waals surface area contributed by atoms with Crippen molar-refractivity contribution in [2.24, 2.45) is 23.7 Å². The van der Waals surface area contributed by atoms with Crippen LogP contribution in [0.3, 0.4) is 0 Å². The summed E-state index contributed by atoms with van der Waals surface area (Å²) in [5.74, 6) is 0.408. The van der Waals surface area contributed by atoms with Crippen LogP contribution in [-0.2, 0) is 19.1 Å². The third-order valence-electron chi connectivity index (χ3n) is 5.91. The highest BCUT2D eigenvalue weighted by atomic mass is 16.6. The predicted octanol–water partition coefficient (Wildman–Crippen LogP) is 3.25. The molecular formula is C18H26O4. The second-order valence-electron chi connectivity index (χ2n) is 7.11. The molecule has 1 heterocycles. The van der Waals surface area contributed by atoms with E-state index in [1.165, 1.54) is 6.08 Å². The van der Waals surface area contributed by atoms with E-state index in [2.05, 4.69) is 20.4 Å². The van der Waals surface area contributed by atoms with Crippen molar-refractivity contribution in [2.75, 3.05) is 0 Å². The number of hydrogen-bond acceptors (Lipinski definition) is 4. The first-order valence-electron chi connectivity index (χ1n) is 8.62. The van der Waals surface area contributed by atoms with Crippen molar-refractivity contribution in [1.82, 2.24) is 0 Å². The molecule has 2 aliphatic carbocycles. The van der Waals surface area contributed by atoms with Gasteiger partial charge in [-0.1, -0.05) is 33.3 Å². The molecular weight excluding hydrogens is 280 g/mol. The molecule has 4 nitrogen and oxygen atoms in total. The van der Waals surface area contributed by atoms with Crippen LogP contribution in [0.1, 0.15) is 52.4 Å². The molecule has 0 radical (unpaired) electrons. The van der Waals surface area contributed by atoms with Crippen molar-refractivity contribution in [1.29, 1.82) is 0 Å². The number of hydrogen-bond donors (Lipinski definition) is 0. The third-order valence-corrected chi connectivity index (χ3v) is 5.91. The first kappa shape index (κ1) is 15.6. The SMILES string of the molecule is C=CC(=O)OC(CCC)(CCC)C1C2CC3OC(=O)C1C3C2. The summed E-state index contributed by atoms with van der Waals surface area (Å²) in [4.78, 5) is 24.3. The summed E-state index contributed by atoms with van der Waals surface area (Å²) < 4.78 is 11.5. The molecule has 0 amide bonds. The van der Waals surface area contributed by atoms with Gasteiger partial charge in [0.15, 0.2) is 0 Å². The second kappa shape index (κ2) is 5.71. The van der Waals surface area contributed by atoms with Crippen molar-refractivity contribution in [3.8, 4) is 0 Å². The molecule has 4 heteroatoms. The summed E-state index contributed by atoms with van der Waals surface area (Å²) in [6.07, 6.45) is 6.83. The Hall–Kier alpha value is -1.32. The molecule has 3 aliphatic rings. The smallest absolute Gasteiger partial charge is 0.330 e. The summed E-state index contributed by atoms with van der Waals surface area (Å²) in [6.45, 7) is 7.75.